The van der Waals surface area contributed by atoms with E-state index in [1.807, 2.05) is 25.1 Å². The van der Waals surface area contributed by atoms with Gasteiger partial charge in [0.15, 0.2) is 0 Å². The van der Waals surface area contributed by atoms with Crippen molar-refractivity contribution < 1.29 is 29.0 Å². The average molecular weight is 571 g/mol. The van der Waals surface area contributed by atoms with E-state index in [9.17, 15) is 19.5 Å². The molecule has 9 heteroatoms. The number of hydrogen-bond acceptors (Lipinski definition) is 7. The molecule has 3 fully saturated rings. The van der Waals surface area contributed by atoms with Gasteiger partial charge >= 0.3 is 5.97 Å². The Balaban J connectivity index is 1.68. The van der Waals surface area contributed by atoms with Crippen molar-refractivity contribution in [3.63, 3.8) is 0 Å². The lowest BCUT2D eigenvalue weighted by Gasteiger charge is -2.37. The number of ether oxygens (including phenoxy) is 2. The Kier molecular flexibility index (Phi) is 9.67. The van der Waals surface area contributed by atoms with Crippen molar-refractivity contribution in [3.8, 4) is 5.75 Å². The summed E-state index contributed by atoms with van der Waals surface area (Å²) in [5.74, 6) is -1.23. The molecule has 1 N–H and O–H groups in total. The van der Waals surface area contributed by atoms with Crippen molar-refractivity contribution in [2.24, 2.45) is 11.8 Å². The highest BCUT2D eigenvalue weighted by Gasteiger charge is 2.77. The fourth-order valence-electron chi connectivity index (χ4n) is 6.71. The van der Waals surface area contributed by atoms with Crippen LogP contribution in [0.15, 0.2) is 49.6 Å². The number of anilines is 1. The molecule has 2 bridgehead atoms. The number of unbranched alkanes of at least 4 members (excludes halogenated alkanes) is 3. The number of fused-ring (bicyclic) bond motifs is 1. The van der Waals surface area contributed by atoms with Gasteiger partial charge in [0.2, 0.25) is 5.91 Å². The van der Waals surface area contributed by atoms with E-state index in [4.69, 9.17) is 9.47 Å². The smallest absolute Gasteiger partial charge is 0.311 e. The van der Waals surface area contributed by atoms with Crippen LogP contribution in [0.1, 0.15) is 51.9 Å². The summed E-state index contributed by atoms with van der Waals surface area (Å²) in [6.07, 6.45) is 8.52. The van der Waals surface area contributed by atoms with Gasteiger partial charge in [-0.3, -0.25) is 14.4 Å². The normalized spacial score (nSPS) is 28.3. The van der Waals surface area contributed by atoms with E-state index in [1.165, 1.54) is 0 Å². The molecule has 8 nitrogen and oxygen atoms in total. The van der Waals surface area contributed by atoms with Gasteiger partial charge in [0.05, 0.1) is 30.3 Å². The number of aliphatic hydroxyl groups excluding tert-OH is 1. The van der Waals surface area contributed by atoms with E-state index in [1.54, 1.807) is 46.9 Å². The summed E-state index contributed by atoms with van der Waals surface area (Å²) in [7, 11) is 1.59. The van der Waals surface area contributed by atoms with Crippen molar-refractivity contribution in [1.82, 2.24) is 4.90 Å². The van der Waals surface area contributed by atoms with Gasteiger partial charge in [-0.2, -0.15) is 0 Å². The number of allylic oxidation sites excluding steroid dienone is 1. The minimum absolute atomic E-state index is 0.0112. The van der Waals surface area contributed by atoms with Gasteiger partial charge in [-0.1, -0.05) is 12.2 Å². The van der Waals surface area contributed by atoms with Crippen molar-refractivity contribution >= 4 is 35.2 Å². The highest BCUT2D eigenvalue weighted by Crippen LogP contribution is 2.71. The molecule has 0 aliphatic carbocycles. The van der Waals surface area contributed by atoms with Crippen LogP contribution < -0.4 is 9.64 Å². The Hall–Kier alpha value is -2.78. The predicted molar refractivity (Wildman–Crippen MR) is 157 cm³/mol. The molecule has 5 atom stereocenters. The van der Waals surface area contributed by atoms with Crippen LogP contribution in [-0.4, -0.2) is 76.7 Å². The number of esters is 1. The Morgan fingerprint density at radius 1 is 1.15 bits per heavy atom. The van der Waals surface area contributed by atoms with Gasteiger partial charge in [0.25, 0.3) is 5.91 Å². The standard InChI is InChI=1S/C31H42N2O6S/c1-5-7-8-11-21-39-29(37)25-24-27(35)33(19-9-10-20-34)26(31(24)17-16-30(25,3)40-31)28(36)32(18-6-2)22-12-14-23(38-4)15-13-22/h5-6,12-15,24-26,34H,1-2,7-11,16-21H2,3-4H3/t24-,25-,26?,30+,31?/m0/s1. The first-order valence-corrected chi connectivity index (χ1v) is 15.0. The number of aliphatic hydroxyl groups is 1. The van der Waals surface area contributed by atoms with Gasteiger partial charge in [0, 0.05) is 30.1 Å². The van der Waals surface area contributed by atoms with Crippen LogP contribution in [0.5, 0.6) is 5.75 Å². The number of methoxy groups -OCH3 is 1. The molecule has 1 aromatic rings. The van der Waals surface area contributed by atoms with Gasteiger partial charge < -0.3 is 24.4 Å². The van der Waals surface area contributed by atoms with Crippen molar-refractivity contribution in [3.05, 3.63) is 49.6 Å². The van der Waals surface area contributed by atoms with Gasteiger partial charge in [-0.15, -0.1) is 24.9 Å². The molecule has 3 aliphatic rings. The first-order valence-electron chi connectivity index (χ1n) is 14.2. The lowest BCUT2D eigenvalue weighted by Crippen LogP contribution is -2.55. The van der Waals surface area contributed by atoms with Crippen LogP contribution >= 0.6 is 11.8 Å². The Morgan fingerprint density at radius 2 is 1.90 bits per heavy atom. The van der Waals surface area contributed by atoms with E-state index in [2.05, 4.69) is 13.2 Å². The second kappa shape index (κ2) is 12.8. The Bertz CT molecular complexity index is 1110. The molecule has 3 heterocycles. The number of carbonyl (C=O) groups excluding carboxylic acids is 3. The predicted octanol–water partition coefficient (Wildman–Crippen LogP) is 4.37. The van der Waals surface area contributed by atoms with Crippen LogP contribution in [-0.2, 0) is 19.1 Å². The number of benzene rings is 1. The maximum Gasteiger partial charge on any atom is 0.311 e. The molecule has 218 valence electrons. The molecular formula is C31H42N2O6S. The molecule has 4 rings (SSSR count). The number of hydrogen-bond donors (Lipinski definition) is 1. The number of carbonyl (C=O) groups is 3. The summed E-state index contributed by atoms with van der Waals surface area (Å²) in [5.41, 5.74) is 0.688. The van der Waals surface area contributed by atoms with Crippen molar-refractivity contribution in [2.45, 2.75) is 67.4 Å². The van der Waals surface area contributed by atoms with Crippen LogP contribution in [0, 0.1) is 11.8 Å². The number of rotatable bonds is 15. The molecule has 40 heavy (non-hydrogen) atoms. The second-order valence-electron chi connectivity index (χ2n) is 11.1. The largest absolute Gasteiger partial charge is 0.497 e. The molecule has 1 spiro atoms. The summed E-state index contributed by atoms with van der Waals surface area (Å²) < 4.78 is 9.84. The summed E-state index contributed by atoms with van der Waals surface area (Å²) in [4.78, 5) is 45.6. The SMILES string of the molecule is C=CCCCCOC(=O)[C@@H]1[C@H]2C(=O)N(CCCCO)C(C(=O)N(CC=C)c3ccc(OC)cc3)C23CC[C@@]1(C)S3. The van der Waals surface area contributed by atoms with Crippen molar-refractivity contribution in [1.29, 1.82) is 0 Å². The average Bonchev–Trinajstić information content (AvgIpc) is 3.52. The van der Waals surface area contributed by atoms with Crippen LogP contribution in [0.3, 0.4) is 0 Å². The van der Waals surface area contributed by atoms with Crippen molar-refractivity contribution in [2.75, 3.05) is 38.3 Å². The number of amides is 2. The van der Waals surface area contributed by atoms with E-state index in [0.29, 0.717) is 43.9 Å². The summed E-state index contributed by atoms with van der Waals surface area (Å²) in [6, 6.07) is 6.53. The number of likely N-dealkylation sites (tertiary alicyclic amines) is 1. The van der Waals surface area contributed by atoms with E-state index < -0.39 is 27.4 Å². The topological polar surface area (TPSA) is 96.4 Å². The molecular weight excluding hydrogens is 528 g/mol. The third-order valence-corrected chi connectivity index (χ3v) is 10.6. The van der Waals surface area contributed by atoms with Gasteiger partial charge in [-0.25, -0.2) is 0 Å². The number of thioether (sulfide) groups is 1. The third kappa shape index (κ3) is 5.42. The molecule has 3 saturated heterocycles. The van der Waals surface area contributed by atoms with Crippen LogP contribution in [0.4, 0.5) is 5.69 Å². The zero-order valence-corrected chi connectivity index (χ0v) is 24.5. The van der Waals surface area contributed by atoms with Crippen LogP contribution in [0.2, 0.25) is 0 Å². The molecule has 0 radical (unpaired) electrons. The second-order valence-corrected chi connectivity index (χ2v) is 13.0. The first-order chi connectivity index (χ1) is 19.3. The molecule has 3 aliphatic heterocycles. The lowest BCUT2D eigenvalue weighted by molar-refractivity contribution is -0.155. The maximum atomic E-state index is 14.5. The van der Waals surface area contributed by atoms with Gasteiger partial charge in [-0.05, 0) is 76.1 Å². The molecule has 2 unspecified atom stereocenters. The maximum absolute atomic E-state index is 14.5. The fraction of sp³-hybridized carbons (Fsp3) is 0.581. The Labute approximate surface area is 241 Å². The quantitative estimate of drug-likeness (QED) is 0.190. The van der Waals surface area contributed by atoms with E-state index in [-0.39, 0.29) is 30.9 Å². The number of nitrogens with zero attached hydrogens (tertiary/aromatic N) is 2. The monoisotopic (exact) mass is 570 g/mol. The summed E-state index contributed by atoms with van der Waals surface area (Å²) in [6.45, 7) is 10.6. The minimum Gasteiger partial charge on any atom is -0.497 e. The lowest BCUT2D eigenvalue weighted by atomic mass is 9.66. The van der Waals surface area contributed by atoms with Crippen LogP contribution in [0.25, 0.3) is 0 Å². The van der Waals surface area contributed by atoms with Gasteiger partial charge in [0.1, 0.15) is 11.8 Å². The zero-order chi connectivity index (χ0) is 28.9. The third-order valence-electron chi connectivity index (χ3n) is 8.58. The highest BCUT2D eigenvalue weighted by molar-refractivity contribution is 8.02. The summed E-state index contributed by atoms with van der Waals surface area (Å²) >= 11 is 1.64. The molecule has 0 saturated carbocycles. The first kappa shape index (κ1) is 30.2. The molecule has 0 aromatic heterocycles. The minimum atomic E-state index is -0.733. The molecule has 1 aromatic carbocycles. The highest BCUT2D eigenvalue weighted by atomic mass is 32.2. The van der Waals surface area contributed by atoms with E-state index >= 15 is 0 Å². The Morgan fingerprint density at radius 3 is 2.55 bits per heavy atom. The zero-order valence-electron chi connectivity index (χ0n) is 23.7. The molecule has 2 amide bonds. The van der Waals surface area contributed by atoms with E-state index in [0.717, 1.165) is 25.7 Å². The fourth-order valence-corrected chi connectivity index (χ4v) is 9.05. The summed E-state index contributed by atoms with van der Waals surface area (Å²) in [5, 5.41) is 9.41.